The predicted octanol–water partition coefficient (Wildman–Crippen LogP) is 3.41. The number of thiophene rings is 1. The molecule has 0 aromatic carbocycles. The van der Waals surface area contributed by atoms with Gasteiger partial charge in [0.2, 0.25) is 5.28 Å². The highest BCUT2D eigenvalue weighted by Gasteiger charge is 2.09. The van der Waals surface area contributed by atoms with Crippen LogP contribution in [0.1, 0.15) is 0 Å². The third-order valence-electron chi connectivity index (χ3n) is 2.24. The Morgan fingerprint density at radius 2 is 2.12 bits per heavy atom. The van der Waals surface area contributed by atoms with Crippen molar-refractivity contribution in [3.8, 4) is 11.3 Å². The van der Waals surface area contributed by atoms with Gasteiger partial charge in [0, 0.05) is 22.5 Å². The molecule has 0 N–H and O–H groups in total. The van der Waals surface area contributed by atoms with Crippen molar-refractivity contribution in [1.29, 1.82) is 0 Å². The van der Waals surface area contributed by atoms with Crippen molar-refractivity contribution in [3.63, 3.8) is 0 Å². The lowest BCUT2D eigenvalue weighted by Crippen LogP contribution is -1.91. The van der Waals surface area contributed by atoms with Crippen LogP contribution in [0.4, 0.5) is 0 Å². The number of fused-ring (bicyclic) bond motifs is 1. The Morgan fingerprint density at radius 1 is 1.19 bits per heavy atom. The topological polar surface area (TPSA) is 38.7 Å². The van der Waals surface area contributed by atoms with Crippen molar-refractivity contribution in [2.75, 3.05) is 0 Å². The van der Waals surface area contributed by atoms with E-state index in [4.69, 9.17) is 11.6 Å². The number of hydrogen-bond donors (Lipinski definition) is 0. The third-order valence-corrected chi connectivity index (χ3v) is 3.09. The fourth-order valence-corrected chi connectivity index (χ4v) is 2.36. The molecule has 3 rings (SSSR count). The average molecular weight is 248 g/mol. The van der Waals surface area contributed by atoms with Gasteiger partial charge < -0.3 is 0 Å². The van der Waals surface area contributed by atoms with Crippen LogP contribution in [0.2, 0.25) is 5.28 Å². The van der Waals surface area contributed by atoms with Gasteiger partial charge in [-0.25, -0.2) is 9.97 Å². The minimum absolute atomic E-state index is 0.229. The van der Waals surface area contributed by atoms with E-state index in [0.29, 0.717) is 5.65 Å². The maximum atomic E-state index is 5.88. The van der Waals surface area contributed by atoms with E-state index < -0.39 is 0 Å². The minimum Gasteiger partial charge on any atom is -0.236 e. The van der Waals surface area contributed by atoms with Crippen LogP contribution in [0.5, 0.6) is 0 Å². The molecule has 78 valence electrons. The minimum atomic E-state index is 0.229. The van der Waals surface area contributed by atoms with E-state index in [1.165, 1.54) is 0 Å². The lowest BCUT2D eigenvalue weighted by molar-refractivity contribution is 1.19. The van der Waals surface area contributed by atoms with E-state index >= 15 is 0 Å². The van der Waals surface area contributed by atoms with Gasteiger partial charge in [-0.05, 0) is 35.2 Å². The van der Waals surface area contributed by atoms with Gasteiger partial charge in [0.1, 0.15) is 0 Å². The Hall–Kier alpha value is -1.52. The Morgan fingerprint density at radius 3 is 2.94 bits per heavy atom. The second-order valence-corrected chi connectivity index (χ2v) is 4.35. The first-order chi connectivity index (χ1) is 7.84. The smallest absolute Gasteiger partial charge is 0.225 e. The van der Waals surface area contributed by atoms with E-state index in [0.717, 1.165) is 16.6 Å². The number of hydrogen-bond acceptors (Lipinski definition) is 4. The molecular formula is C11H6ClN3S. The van der Waals surface area contributed by atoms with E-state index in [-0.39, 0.29) is 5.28 Å². The van der Waals surface area contributed by atoms with Crippen molar-refractivity contribution in [2.45, 2.75) is 0 Å². The van der Waals surface area contributed by atoms with Gasteiger partial charge in [-0.1, -0.05) is 0 Å². The van der Waals surface area contributed by atoms with Crippen LogP contribution in [0, 0.1) is 0 Å². The zero-order chi connectivity index (χ0) is 11.0. The number of aromatic nitrogens is 3. The van der Waals surface area contributed by atoms with Gasteiger partial charge >= 0.3 is 0 Å². The van der Waals surface area contributed by atoms with Crippen LogP contribution in [-0.2, 0) is 0 Å². The maximum Gasteiger partial charge on any atom is 0.225 e. The van der Waals surface area contributed by atoms with E-state index in [9.17, 15) is 0 Å². The summed E-state index contributed by atoms with van der Waals surface area (Å²) in [6.07, 6.45) is 1.70. The van der Waals surface area contributed by atoms with Crippen molar-refractivity contribution >= 4 is 34.0 Å². The Balaban J connectivity index is 2.39. The van der Waals surface area contributed by atoms with Crippen LogP contribution < -0.4 is 0 Å². The predicted molar refractivity (Wildman–Crippen MR) is 65.7 cm³/mol. The normalized spacial score (nSPS) is 10.8. The summed E-state index contributed by atoms with van der Waals surface area (Å²) in [5, 5.41) is 5.19. The van der Waals surface area contributed by atoms with Crippen molar-refractivity contribution in [3.05, 3.63) is 40.4 Å². The molecule has 0 atom stereocenters. The summed E-state index contributed by atoms with van der Waals surface area (Å²) >= 11 is 7.51. The first-order valence-electron chi connectivity index (χ1n) is 4.65. The molecule has 0 bridgehead atoms. The zero-order valence-electron chi connectivity index (χ0n) is 8.09. The number of rotatable bonds is 1. The second kappa shape index (κ2) is 3.81. The van der Waals surface area contributed by atoms with Gasteiger partial charge in [0.05, 0.1) is 5.69 Å². The van der Waals surface area contributed by atoms with E-state index in [2.05, 4.69) is 15.0 Å². The summed E-state index contributed by atoms with van der Waals surface area (Å²) in [4.78, 5) is 12.5. The van der Waals surface area contributed by atoms with Crippen molar-refractivity contribution in [2.24, 2.45) is 0 Å². The second-order valence-electron chi connectivity index (χ2n) is 3.23. The molecule has 3 heterocycles. The van der Waals surface area contributed by atoms with E-state index in [1.807, 2.05) is 29.0 Å². The Labute approximate surface area is 101 Å². The lowest BCUT2D eigenvalue weighted by Gasteiger charge is -2.02. The van der Waals surface area contributed by atoms with E-state index in [1.54, 1.807) is 17.5 Å². The van der Waals surface area contributed by atoms with Crippen LogP contribution in [0.3, 0.4) is 0 Å². The van der Waals surface area contributed by atoms with Crippen molar-refractivity contribution < 1.29 is 0 Å². The van der Waals surface area contributed by atoms with Gasteiger partial charge in [-0.15, -0.1) is 0 Å². The highest BCUT2D eigenvalue weighted by atomic mass is 35.5. The molecule has 0 aliphatic carbocycles. The lowest BCUT2D eigenvalue weighted by atomic mass is 10.1. The monoisotopic (exact) mass is 247 g/mol. The SMILES string of the molecule is Clc1nc(-c2ccsc2)c2cccnc2n1. The summed E-state index contributed by atoms with van der Waals surface area (Å²) in [5.41, 5.74) is 2.51. The van der Waals surface area contributed by atoms with Crippen LogP contribution in [0.25, 0.3) is 22.3 Å². The molecule has 0 amide bonds. The molecule has 3 aromatic heterocycles. The Bertz CT molecular complexity index is 637. The van der Waals surface area contributed by atoms with Crippen LogP contribution >= 0.6 is 22.9 Å². The number of halogens is 1. The molecule has 0 aliphatic rings. The molecule has 0 aliphatic heterocycles. The Kier molecular flexibility index (Phi) is 2.31. The highest BCUT2D eigenvalue weighted by molar-refractivity contribution is 7.08. The number of nitrogens with zero attached hydrogens (tertiary/aromatic N) is 3. The summed E-state index contributed by atoms with van der Waals surface area (Å²) in [6, 6.07) is 5.83. The molecule has 3 nitrogen and oxygen atoms in total. The largest absolute Gasteiger partial charge is 0.236 e. The molecule has 5 heteroatoms. The maximum absolute atomic E-state index is 5.88. The zero-order valence-corrected chi connectivity index (χ0v) is 9.66. The third kappa shape index (κ3) is 1.56. The fraction of sp³-hybridized carbons (Fsp3) is 0. The quantitative estimate of drug-likeness (QED) is 0.619. The molecule has 0 fully saturated rings. The standard InChI is InChI=1S/C11H6ClN3S/c12-11-14-9(7-3-5-16-6-7)8-2-1-4-13-10(8)15-11/h1-6H. The molecular weight excluding hydrogens is 242 g/mol. The van der Waals surface area contributed by atoms with Gasteiger partial charge in [0.15, 0.2) is 5.65 Å². The summed E-state index contributed by atoms with van der Waals surface area (Å²) in [5.74, 6) is 0. The molecule has 0 unspecified atom stereocenters. The first-order valence-corrected chi connectivity index (χ1v) is 5.97. The molecule has 0 spiro atoms. The molecule has 16 heavy (non-hydrogen) atoms. The first kappa shape index (κ1) is 9.69. The summed E-state index contributed by atoms with van der Waals surface area (Å²) in [6.45, 7) is 0. The summed E-state index contributed by atoms with van der Waals surface area (Å²) < 4.78 is 0. The molecule has 0 saturated carbocycles. The molecule has 0 radical (unpaired) electrons. The van der Waals surface area contributed by atoms with Crippen LogP contribution in [0.15, 0.2) is 35.2 Å². The van der Waals surface area contributed by atoms with Gasteiger partial charge in [-0.2, -0.15) is 16.3 Å². The van der Waals surface area contributed by atoms with Gasteiger partial charge in [0.25, 0.3) is 0 Å². The molecule has 3 aromatic rings. The number of pyridine rings is 1. The fourth-order valence-electron chi connectivity index (χ4n) is 1.56. The average Bonchev–Trinajstić information content (AvgIpc) is 2.81. The van der Waals surface area contributed by atoms with Gasteiger partial charge in [-0.3, -0.25) is 0 Å². The van der Waals surface area contributed by atoms with Crippen molar-refractivity contribution in [1.82, 2.24) is 15.0 Å². The van der Waals surface area contributed by atoms with Crippen LogP contribution in [-0.4, -0.2) is 15.0 Å². The molecule has 0 saturated heterocycles. The summed E-state index contributed by atoms with van der Waals surface area (Å²) in [7, 11) is 0. The highest BCUT2D eigenvalue weighted by Crippen LogP contribution is 2.27.